The number of furan rings is 1. The van der Waals surface area contributed by atoms with Gasteiger partial charge in [0, 0.05) is 10.6 Å². The van der Waals surface area contributed by atoms with Crippen LogP contribution in [0.3, 0.4) is 0 Å². The molecule has 1 nitrogen and oxygen atoms in total. The first-order chi connectivity index (χ1) is 13.0. The fraction of sp³-hybridized carbons (Fsp3) is 0.0833. The zero-order valence-corrected chi connectivity index (χ0v) is 16.6. The van der Waals surface area contributed by atoms with Gasteiger partial charge >= 0.3 is 0 Å². The number of fused-ring (bicyclic) bond motifs is 1. The second-order valence-corrected chi connectivity index (χ2v) is 7.48. The molecule has 1 aromatic heterocycles. The first kappa shape index (κ1) is 17.9. The summed E-state index contributed by atoms with van der Waals surface area (Å²) in [6, 6.07) is 22.1. The molecule has 0 fully saturated rings. The Labute approximate surface area is 168 Å². The second kappa shape index (κ2) is 7.26. The molecule has 1 heterocycles. The highest BCUT2D eigenvalue weighted by Gasteiger charge is 2.11. The molecule has 0 spiro atoms. The van der Waals surface area contributed by atoms with Crippen LogP contribution in [0.5, 0.6) is 0 Å². The monoisotopic (exact) mass is 392 g/mol. The van der Waals surface area contributed by atoms with Gasteiger partial charge in [0.15, 0.2) is 0 Å². The number of hydrogen-bond acceptors (Lipinski definition) is 1. The third kappa shape index (κ3) is 3.53. The summed E-state index contributed by atoms with van der Waals surface area (Å²) in [4.78, 5) is 0. The standard InChI is InChI=1S/C24H18Cl2O/c1-15-7-8-17-5-3-4-6-19(17)21(15)13-16(2)23-11-12-24(27-23)20-10-9-18(25)14-22(20)26/h3-14H,1-2H3/b16-13+. The van der Waals surface area contributed by atoms with Crippen molar-refractivity contribution in [2.75, 3.05) is 0 Å². The van der Waals surface area contributed by atoms with Crippen LogP contribution in [0.15, 0.2) is 71.1 Å². The summed E-state index contributed by atoms with van der Waals surface area (Å²) in [5, 5.41) is 3.66. The first-order valence-electron chi connectivity index (χ1n) is 8.75. The van der Waals surface area contributed by atoms with E-state index in [1.807, 2.05) is 24.3 Å². The maximum atomic E-state index is 6.31. The van der Waals surface area contributed by atoms with Gasteiger partial charge in [-0.2, -0.15) is 0 Å². The van der Waals surface area contributed by atoms with Gasteiger partial charge in [-0.15, -0.1) is 0 Å². The van der Waals surface area contributed by atoms with E-state index in [9.17, 15) is 0 Å². The predicted octanol–water partition coefficient (Wildman–Crippen LogP) is 8.28. The molecule has 0 aliphatic heterocycles. The predicted molar refractivity (Wildman–Crippen MR) is 116 cm³/mol. The highest BCUT2D eigenvalue weighted by molar-refractivity contribution is 6.36. The summed E-state index contributed by atoms with van der Waals surface area (Å²) in [5.74, 6) is 1.55. The molecule has 0 atom stereocenters. The lowest BCUT2D eigenvalue weighted by atomic mass is 9.97. The Bertz CT molecular complexity index is 1170. The van der Waals surface area contributed by atoms with Crippen molar-refractivity contribution in [3.05, 3.63) is 93.7 Å². The average Bonchev–Trinajstić information content (AvgIpc) is 3.14. The summed E-state index contributed by atoms with van der Waals surface area (Å²) in [6.07, 6.45) is 2.18. The van der Waals surface area contributed by atoms with E-state index < -0.39 is 0 Å². The summed E-state index contributed by atoms with van der Waals surface area (Å²) in [7, 11) is 0. The van der Waals surface area contributed by atoms with Crippen molar-refractivity contribution in [2.45, 2.75) is 13.8 Å². The quantitative estimate of drug-likeness (QED) is 0.341. The van der Waals surface area contributed by atoms with E-state index in [0.29, 0.717) is 10.0 Å². The normalized spacial score (nSPS) is 11.9. The molecule has 3 heteroatoms. The molecule has 0 bridgehead atoms. The van der Waals surface area contributed by atoms with Crippen LogP contribution in [0.2, 0.25) is 10.0 Å². The van der Waals surface area contributed by atoms with Crippen molar-refractivity contribution in [3.8, 4) is 11.3 Å². The van der Waals surface area contributed by atoms with E-state index in [1.54, 1.807) is 6.07 Å². The Balaban J connectivity index is 1.75. The van der Waals surface area contributed by atoms with Gasteiger partial charge in [-0.25, -0.2) is 0 Å². The van der Waals surface area contributed by atoms with Gasteiger partial charge < -0.3 is 4.42 Å². The van der Waals surface area contributed by atoms with E-state index >= 15 is 0 Å². The topological polar surface area (TPSA) is 13.1 Å². The Morgan fingerprint density at radius 2 is 1.74 bits per heavy atom. The zero-order chi connectivity index (χ0) is 19.0. The molecule has 27 heavy (non-hydrogen) atoms. The third-order valence-electron chi connectivity index (χ3n) is 4.74. The van der Waals surface area contributed by atoms with Crippen LogP contribution >= 0.6 is 23.2 Å². The fourth-order valence-electron chi connectivity index (χ4n) is 3.27. The number of benzene rings is 3. The van der Waals surface area contributed by atoms with E-state index in [1.165, 1.54) is 21.9 Å². The number of rotatable bonds is 3. The molecule has 4 rings (SSSR count). The summed E-state index contributed by atoms with van der Waals surface area (Å²) >= 11 is 12.3. The Morgan fingerprint density at radius 1 is 0.926 bits per heavy atom. The molecule has 0 unspecified atom stereocenters. The van der Waals surface area contributed by atoms with Crippen LogP contribution in [0.4, 0.5) is 0 Å². The molecule has 0 saturated carbocycles. The second-order valence-electron chi connectivity index (χ2n) is 6.63. The van der Waals surface area contributed by atoms with Gasteiger partial charge in [0.05, 0.1) is 5.02 Å². The van der Waals surface area contributed by atoms with Crippen molar-refractivity contribution in [1.29, 1.82) is 0 Å². The van der Waals surface area contributed by atoms with Gasteiger partial charge in [0.25, 0.3) is 0 Å². The van der Waals surface area contributed by atoms with E-state index in [0.717, 1.165) is 22.7 Å². The lowest BCUT2D eigenvalue weighted by Gasteiger charge is -2.08. The number of aryl methyl sites for hydroxylation is 1. The number of hydrogen-bond donors (Lipinski definition) is 0. The smallest absolute Gasteiger partial charge is 0.136 e. The number of halogens is 2. The highest BCUT2D eigenvalue weighted by atomic mass is 35.5. The van der Waals surface area contributed by atoms with Crippen molar-refractivity contribution in [2.24, 2.45) is 0 Å². The Hall–Kier alpha value is -2.48. The van der Waals surface area contributed by atoms with Gasteiger partial charge in [0.1, 0.15) is 11.5 Å². The van der Waals surface area contributed by atoms with Gasteiger partial charge in [-0.1, -0.05) is 59.6 Å². The van der Waals surface area contributed by atoms with E-state index in [-0.39, 0.29) is 0 Å². The van der Waals surface area contributed by atoms with E-state index in [4.69, 9.17) is 27.6 Å². The van der Waals surface area contributed by atoms with Crippen LogP contribution in [0.1, 0.15) is 23.8 Å². The van der Waals surface area contributed by atoms with Crippen molar-refractivity contribution in [3.63, 3.8) is 0 Å². The molecular formula is C24H18Cl2O. The minimum absolute atomic E-state index is 0.579. The SMILES string of the molecule is C/C(=C\c1c(C)ccc2ccccc12)c1ccc(-c2ccc(Cl)cc2Cl)o1. The molecule has 3 aromatic carbocycles. The Morgan fingerprint density at radius 3 is 2.56 bits per heavy atom. The lowest BCUT2D eigenvalue weighted by molar-refractivity contribution is 0.568. The van der Waals surface area contributed by atoms with Crippen LogP contribution < -0.4 is 0 Å². The van der Waals surface area contributed by atoms with Crippen LogP contribution in [0, 0.1) is 6.92 Å². The van der Waals surface area contributed by atoms with Crippen molar-refractivity contribution >= 4 is 45.6 Å². The largest absolute Gasteiger partial charge is 0.456 e. The lowest BCUT2D eigenvalue weighted by Crippen LogP contribution is -1.85. The maximum absolute atomic E-state index is 6.31. The molecular weight excluding hydrogens is 375 g/mol. The molecule has 0 N–H and O–H groups in total. The van der Waals surface area contributed by atoms with Crippen molar-refractivity contribution < 1.29 is 4.42 Å². The van der Waals surface area contributed by atoms with Gasteiger partial charge in [-0.05, 0) is 77.7 Å². The molecule has 0 radical (unpaired) electrons. The summed E-state index contributed by atoms with van der Waals surface area (Å²) in [6.45, 7) is 4.19. The maximum Gasteiger partial charge on any atom is 0.136 e. The van der Waals surface area contributed by atoms with Gasteiger partial charge in [-0.3, -0.25) is 0 Å². The molecule has 0 aliphatic carbocycles. The molecule has 0 amide bonds. The van der Waals surface area contributed by atoms with Crippen molar-refractivity contribution in [1.82, 2.24) is 0 Å². The Kier molecular flexibility index (Phi) is 4.82. The zero-order valence-electron chi connectivity index (χ0n) is 15.1. The summed E-state index contributed by atoms with van der Waals surface area (Å²) in [5.41, 5.74) is 4.35. The van der Waals surface area contributed by atoms with Crippen LogP contribution in [-0.2, 0) is 0 Å². The third-order valence-corrected chi connectivity index (χ3v) is 5.29. The van der Waals surface area contributed by atoms with E-state index in [2.05, 4.69) is 56.3 Å². The molecule has 0 aliphatic rings. The average molecular weight is 393 g/mol. The minimum atomic E-state index is 0.579. The molecule has 134 valence electrons. The molecule has 0 saturated heterocycles. The van der Waals surface area contributed by atoms with Gasteiger partial charge in [0.2, 0.25) is 0 Å². The van der Waals surface area contributed by atoms with Crippen LogP contribution in [0.25, 0.3) is 33.7 Å². The van der Waals surface area contributed by atoms with Crippen LogP contribution in [-0.4, -0.2) is 0 Å². The first-order valence-corrected chi connectivity index (χ1v) is 9.51. The highest BCUT2D eigenvalue weighted by Crippen LogP contribution is 2.34. The fourth-order valence-corrected chi connectivity index (χ4v) is 3.77. The minimum Gasteiger partial charge on any atom is -0.456 e. The summed E-state index contributed by atoms with van der Waals surface area (Å²) < 4.78 is 6.08. The molecule has 4 aromatic rings. The number of allylic oxidation sites excluding steroid dienone is 1.